The van der Waals surface area contributed by atoms with E-state index in [0.29, 0.717) is 6.29 Å². The highest BCUT2D eigenvalue weighted by Gasteiger charge is 2.55. The summed E-state index contributed by atoms with van der Waals surface area (Å²) in [4.78, 5) is 9.06. The van der Waals surface area contributed by atoms with Gasteiger partial charge in [0.1, 0.15) is 6.29 Å². The summed E-state index contributed by atoms with van der Waals surface area (Å²) in [6, 6.07) is 0. The first-order valence-electron chi connectivity index (χ1n) is 2.95. The van der Waals surface area contributed by atoms with Crippen molar-refractivity contribution in [3.05, 3.63) is 12.7 Å². The van der Waals surface area contributed by atoms with Crippen molar-refractivity contribution in [3.8, 4) is 0 Å². The average molecular weight is 224 g/mol. The molecule has 0 heterocycles. The maximum atomic E-state index is 11.0. The van der Waals surface area contributed by atoms with E-state index in [1.54, 1.807) is 0 Å². The lowest BCUT2D eigenvalue weighted by Gasteiger charge is -2.16. The molecule has 0 aliphatic carbocycles. The second-order valence-corrected chi connectivity index (χ2v) is 1.86. The minimum absolute atomic E-state index is 0.639. The van der Waals surface area contributed by atoms with Gasteiger partial charge in [-0.05, 0) is 6.08 Å². The molecule has 1 N–H and O–H groups in total. The first-order valence-corrected chi connectivity index (χ1v) is 2.95. The van der Waals surface area contributed by atoms with Crippen LogP contribution in [0.15, 0.2) is 12.7 Å². The van der Waals surface area contributed by atoms with Crippen molar-refractivity contribution in [2.75, 3.05) is 0 Å². The summed E-state index contributed by atoms with van der Waals surface area (Å²) in [5.41, 5.74) is 0. The van der Waals surface area contributed by atoms with Crippen LogP contribution in [-0.4, -0.2) is 29.8 Å². The Morgan fingerprint density at radius 1 is 1.07 bits per heavy atom. The third kappa shape index (κ3) is 7.59. The Morgan fingerprint density at radius 3 is 1.29 bits per heavy atom. The fraction of sp³-hybridized carbons (Fsp3) is 0.500. The highest BCUT2D eigenvalue weighted by molar-refractivity contribution is 5.63. The van der Waals surface area contributed by atoms with Gasteiger partial charge in [-0.25, -0.2) is 0 Å². The molecular weight excluding hydrogens is 218 g/mol. The molecule has 0 aromatic rings. The molecule has 8 heteroatoms. The molecule has 0 aromatic carbocycles. The van der Waals surface area contributed by atoms with Crippen LogP contribution in [0.2, 0.25) is 0 Å². The summed E-state index contributed by atoms with van der Waals surface area (Å²) in [6.45, 7) is 3.11. The molecule has 14 heavy (non-hydrogen) atoms. The van der Waals surface area contributed by atoms with E-state index in [0.717, 1.165) is 0 Å². The number of carbonyl (C=O) groups is 1. The number of hydrogen-bond acceptors (Lipinski definition) is 2. The first-order chi connectivity index (χ1) is 6.07. The van der Waals surface area contributed by atoms with Gasteiger partial charge in [0.15, 0.2) is 0 Å². The number of rotatable bonds is 1. The summed E-state index contributed by atoms with van der Waals surface area (Å²) >= 11 is 0. The summed E-state index contributed by atoms with van der Waals surface area (Å²) < 4.78 is 65.9. The number of aliphatic hydroxyl groups excluding tert-OH is 1. The maximum absolute atomic E-state index is 11.0. The van der Waals surface area contributed by atoms with Gasteiger partial charge in [-0.2, -0.15) is 26.3 Å². The summed E-state index contributed by atoms with van der Waals surface area (Å²) in [6.07, 6.45) is -13.7. The third-order valence-corrected chi connectivity index (χ3v) is 0.716. The fourth-order valence-electron chi connectivity index (χ4n) is 0.186. The Balaban J connectivity index is 0. The molecule has 0 atom stereocenters. The van der Waals surface area contributed by atoms with Crippen LogP contribution >= 0.6 is 0 Å². The maximum Gasteiger partial charge on any atom is 0.423 e. The number of halogens is 6. The molecule has 0 saturated heterocycles. The highest BCUT2D eigenvalue weighted by Crippen LogP contribution is 2.32. The minimum Gasteiger partial charge on any atom is -0.377 e. The van der Waals surface area contributed by atoms with Crippen molar-refractivity contribution in [1.82, 2.24) is 0 Å². The van der Waals surface area contributed by atoms with Crippen LogP contribution in [0.25, 0.3) is 0 Å². The number of alkyl halides is 6. The Morgan fingerprint density at radius 2 is 1.29 bits per heavy atom. The molecule has 2 nitrogen and oxygen atoms in total. The number of aliphatic hydroxyl groups is 1. The topological polar surface area (TPSA) is 37.3 Å². The van der Waals surface area contributed by atoms with Crippen LogP contribution in [-0.2, 0) is 4.79 Å². The van der Waals surface area contributed by atoms with Crippen LogP contribution in [0.4, 0.5) is 26.3 Å². The van der Waals surface area contributed by atoms with Crippen LogP contribution in [0.3, 0.4) is 0 Å². The molecule has 0 amide bonds. The molecule has 0 bridgehead atoms. The zero-order valence-corrected chi connectivity index (χ0v) is 6.56. The van der Waals surface area contributed by atoms with E-state index in [4.69, 9.17) is 9.90 Å². The van der Waals surface area contributed by atoms with Gasteiger partial charge in [0.25, 0.3) is 0 Å². The fourth-order valence-corrected chi connectivity index (χ4v) is 0.186. The molecule has 0 aromatic heterocycles. The van der Waals surface area contributed by atoms with Crippen LogP contribution in [0, 0.1) is 0 Å². The molecule has 0 aliphatic rings. The van der Waals surface area contributed by atoms with E-state index in [9.17, 15) is 26.3 Å². The van der Waals surface area contributed by atoms with Crippen molar-refractivity contribution in [2.45, 2.75) is 18.5 Å². The van der Waals surface area contributed by atoms with Gasteiger partial charge in [0.05, 0.1) is 0 Å². The van der Waals surface area contributed by atoms with Gasteiger partial charge in [0.2, 0.25) is 6.10 Å². The van der Waals surface area contributed by atoms with E-state index in [1.165, 1.54) is 6.08 Å². The molecule has 0 fully saturated rings. The second kappa shape index (κ2) is 5.63. The Hall–Kier alpha value is -1.05. The molecule has 0 rings (SSSR count). The van der Waals surface area contributed by atoms with Gasteiger partial charge < -0.3 is 5.11 Å². The van der Waals surface area contributed by atoms with Gasteiger partial charge in [0, 0.05) is 0 Å². The van der Waals surface area contributed by atoms with Crippen molar-refractivity contribution in [1.29, 1.82) is 0 Å². The lowest BCUT2D eigenvalue weighted by molar-refractivity contribution is -0.308. The predicted molar refractivity (Wildman–Crippen MR) is 34.4 cm³/mol. The normalized spacial score (nSPS) is 11.7. The largest absolute Gasteiger partial charge is 0.423 e. The molecular formula is C6H6F6O2. The molecule has 0 aliphatic heterocycles. The molecule has 0 saturated carbocycles. The average Bonchev–Trinajstić information content (AvgIpc) is 2.00. The lowest BCUT2D eigenvalue weighted by Crippen LogP contribution is -2.41. The van der Waals surface area contributed by atoms with Crippen molar-refractivity contribution in [2.24, 2.45) is 0 Å². The Kier molecular flexibility index (Phi) is 6.20. The number of carbonyl (C=O) groups excluding carboxylic acids is 1. The SMILES string of the molecule is C=CC=O.OC(C(F)(F)F)C(F)(F)F. The highest BCUT2D eigenvalue weighted by atomic mass is 19.4. The standard InChI is InChI=1S/C3H2F6O.C3H4O/c4-2(5,6)1(10)3(7,8)9;1-2-3-4/h1,10H;2-3H,1H2. The zero-order chi connectivity index (χ0) is 12.0. The van der Waals surface area contributed by atoms with E-state index < -0.39 is 18.5 Å². The van der Waals surface area contributed by atoms with E-state index >= 15 is 0 Å². The third-order valence-electron chi connectivity index (χ3n) is 0.716. The molecule has 0 unspecified atom stereocenters. The Bertz CT molecular complexity index is 162. The predicted octanol–water partition coefficient (Wildman–Crippen LogP) is 1.84. The zero-order valence-electron chi connectivity index (χ0n) is 6.56. The number of aldehydes is 1. The smallest absolute Gasteiger partial charge is 0.377 e. The van der Waals surface area contributed by atoms with Crippen LogP contribution in [0.5, 0.6) is 0 Å². The van der Waals surface area contributed by atoms with E-state index in [2.05, 4.69) is 6.58 Å². The van der Waals surface area contributed by atoms with Gasteiger partial charge in [-0.15, -0.1) is 0 Å². The van der Waals surface area contributed by atoms with Crippen LogP contribution < -0.4 is 0 Å². The van der Waals surface area contributed by atoms with Crippen LogP contribution in [0.1, 0.15) is 0 Å². The van der Waals surface area contributed by atoms with E-state index in [-0.39, 0.29) is 0 Å². The first kappa shape index (κ1) is 15.4. The Labute approximate surface area is 74.8 Å². The van der Waals surface area contributed by atoms with Gasteiger partial charge >= 0.3 is 12.4 Å². The summed E-state index contributed by atoms with van der Waals surface area (Å²) in [5, 5.41) is 7.47. The van der Waals surface area contributed by atoms with Gasteiger partial charge in [-0.3, -0.25) is 4.79 Å². The summed E-state index contributed by atoms with van der Waals surface area (Å²) in [7, 11) is 0. The van der Waals surface area contributed by atoms with Crippen molar-refractivity contribution in [3.63, 3.8) is 0 Å². The van der Waals surface area contributed by atoms with Crippen molar-refractivity contribution >= 4 is 6.29 Å². The molecule has 0 spiro atoms. The number of hydrogen-bond donors (Lipinski definition) is 1. The van der Waals surface area contributed by atoms with Gasteiger partial charge in [-0.1, -0.05) is 6.58 Å². The van der Waals surface area contributed by atoms with Crippen molar-refractivity contribution < 1.29 is 36.2 Å². The minimum atomic E-state index is -5.63. The summed E-state index contributed by atoms with van der Waals surface area (Å²) in [5.74, 6) is 0. The quantitative estimate of drug-likeness (QED) is 0.419. The molecule has 0 radical (unpaired) electrons. The van der Waals surface area contributed by atoms with E-state index in [1.807, 2.05) is 0 Å². The monoisotopic (exact) mass is 224 g/mol. The lowest BCUT2D eigenvalue weighted by atomic mass is 10.3. The second-order valence-electron chi connectivity index (χ2n) is 1.86. The number of allylic oxidation sites excluding steroid dienone is 1. The molecule has 84 valence electrons.